The van der Waals surface area contributed by atoms with E-state index in [1.54, 1.807) is 18.2 Å². The van der Waals surface area contributed by atoms with E-state index in [9.17, 15) is 8.78 Å². The average Bonchev–Trinajstić information content (AvgIpc) is 2.45. The molecule has 2 aromatic carbocycles. The second-order valence-corrected chi connectivity index (χ2v) is 6.56. The molecule has 2 rings (SSSR count). The first kappa shape index (κ1) is 16.9. The Morgan fingerprint density at radius 2 is 1.81 bits per heavy atom. The highest BCUT2D eigenvalue weighted by molar-refractivity contribution is 9.10. The largest absolute Gasteiger partial charge is 0.306 e. The molecule has 0 aliphatic rings. The Labute approximate surface area is 144 Å². The molecule has 0 saturated carbocycles. The molecule has 0 amide bonds. The maximum atomic E-state index is 14.4. The van der Waals surface area contributed by atoms with Gasteiger partial charge in [-0.15, -0.1) is 0 Å². The van der Waals surface area contributed by atoms with Crippen LogP contribution in [0, 0.1) is 11.6 Å². The first-order chi connectivity index (χ1) is 9.95. The van der Waals surface area contributed by atoms with Crippen LogP contribution in [0.1, 0.15) is 24.1 Å². The third kappa shape index (κ3) is 3.65. The number of hydrogen-bond donors (Lipinski definition) is 1. The van der Waals surface area contributed by atoms with Crippen molar-refractivity contribution < 1.29 is 8.78 Å². The van der Waals surface area contributed by atoms with Crippen LogP contribution in [-0.2, 0) is 0 Å². The third-order valence-electron chi connectivity index (χ3n) is 3.05. The van der Waals surface area contributed by atoms with Crippen LogP contribution in [-0.4, -0.2) is 6.54 Å². The zero-order valence-electron chi connectivity index (χ0n) is 11.1. The summed E-state index contributed by atoms with van der Waals surface area (Å²) in [6.07, 6.45) is 0. The van der Waals surface area contributed by atoms with Gasteiger partial charge in [0.2, 0.25) is 0 Å². The van der Waals surface area contributed by atoms with Gasteiger partial charge < -0.3 is 5.32 Å². The van der Waals surface area contributed by atoms with Crippen LogP contribution in [0.15, 0.2) is 39.3 Å². The molecule has 1 N–H and O–H groups in total. The smallest absolute Gasteiger partial charge is 0.145 e. The van der Waals surface area contributed by atoms with Gasteiger partial charge in [-0.2, -0.15) is 0 Å². The summed E-state index contributed by atoms with van der Waals surface area (Å²) in [6.45, 7) is 2.42. The van der Waals surface area contributed by atoms with Gasteiger partial charge in [-0.25, -0.2) is 8.78 Å². The predicted octanol–water partition coefficient (Wildman–Crippen LogP) is 5.84. The van der Waals surface area contributed by atoms with E-state index in [-0.39, 0.29) is 10.0 Å². The molecule has 0 aliphatic carbocycles. The molecule has 2 aromatic rings. The standard InChI is InChI=1S/C15H12Br2ClF2N/c1-2-21-15(9-7-8(18)3-4-10(9)16)13-12(19)6-5-11(17)14(13)20/h3-7,15,21H,2H2,1H3. The molecular weight excluding hydrogens is 427 g/mol. The molecule has 0 saturated heterocycles. The summed E-state index contributed by atoms with van der Waals surface area (Å²) >= 11 is 12.5. The van der Waals surface area contributed by atoms with E-state index in [0.29, 0.717) is 17.1 Å². The van der Waals surface area contributed by atoms with Gasteiger partial charge in [0.15, 0.2) is 0 Å². The van der Waals surface area contributed by atoms with Gasteiger partial charge in [0.1, 0.15) is 11.6 Å². The summed E-state index contributed by atoms with van der Waals surface area (Å²) < 4.78 is 29.5. The summed E-state index contributed by atoms with van der Waals surface area (Å²) in [5.74, 6) is -1.22. The summed E-state index contributed by atoms with van der Waals surface area (Å²) in [6, 6.07) is 7.12. The highest BCUT2D eigenvalue weighted by Crippen LogP contribution is 2.35. The first-order valence-electron chi connectivity index (χ1n) is 6.27. The van der Waals surface area contributed by atoms with Crippen LogP contribution in [0.3, 0.4) is 0 Å². The minimum atomic E-state index is -0.638. The normalized spacial score (nSPS) is 12.5. The lowest BCUT2D eigenvalue weighted by molar-refractivity contribution is 0.506. The van der Waals surface area contributed by atoms with Gasteiger partial charge in [-0.05, 0) is 58.4 Å². The Morgan fingerprint density at radius 3 is 2.48 bits per heavy atom. The number of benzene rings is 2. The van der Waals surface area contributed by atoms with Gasteiger partial charge >= 0.3 is 0 Å². The minimum Gasteiger partial charge on any atom is -0.306 e. The summed E-state index contributed by atoms with van der Waals surface area (Å²) in [5.41, 5.74) is 0.648. The van der Waals surface area contributed by atoms with Crippen molar-refractivity contribution in [2.45, 2.75) is 13.0 Å². The zero-order valence-corrected chi connectivity index (χ0v) is 15.0. The average molecular weight is 440 g/mol. The minimum absolute atomic E-state index is 0.0332. The van der Waals surface area contributed by atoms with Gasteiger partial charge in [0.05, 0.1) is 10.5 Å². The van der Waals surface area contributed by atoms with Crippen LogP contribution in [0.25, 0.3) is 0 Å². The van der Waals surface area contributed by atoms with Crippen molar-refractivity contribution >= 4 is 43.5 Å². The van der Waals surface area contributed by atoms with Crippen LogP contribution >= 0.6 is 43.5 Å². The van der Waals surface area contributed by atoms with Crippen molar-refractivity contribution in [1.82, 2.24) is 5.32 Å². The molecule has 0 bridgehead atoms. The summed E-state index contributed by atoms with van der Waals surface area (Å²) in [4.78, 5) is 0. The van der Waals surface area contributed by atoms with Crippen molar-refractivity contribution in [2.75, 3.05) is 6.54 Å². The maximum absolute atomic E-state index is 14.4. The number of nitrogens with one attached hydrogen (secondary N) is 1. The molecule has 0 aromatic heterocycles. The fraction of sp³-hybridized carbons (Fsp3) is 0.200. The molecular formula is C15H12Br2ClF2N. The van der Waals surface area contributed by atoms with Crippen molar-refractivity contribution in [3.8, 4) is 0 Å². The topological polar surface area (TPSA) is 12.0 Å². The zero-order chi connectivity index (χ0) is 15.6. The number of halogens is 5. The highest BCUT2D eigenvalue weighted by Gasteiger charge is 2.24. The molecule has 0 spiro atoms. The predicted molar refractivity (Wildman–Crippen MR) is 88.7 cm³/mol. The molecule has 0 aliphatic heterocycles. The molecule has 0 fully saturated rings. The van der Waals surface area contributed by atoms with E-state index in [2.05, 4.69) is 37.2 Å². The van der Waals surface area contributed by atoms with Crippen LogP contribution in [0.5, 0.6) is 0 Å². The van der Waals surface area contributed by atoms with E-state index in [1.165, 1.54) is 12.1 Å². The first-order valence-corrected chi connectivity index (χ1v) is 8.23. The van der Waals surface area contributed by atoms with Crippen LogP contribution < -0.4 is 5.32 Å². The second-order valence-electron chi connectivity index (χ2n) is 4.41. The molecule has 1 unspecified atom stereocenters. The monoisotopic (exact) mass is 437 g/mol. The van der Waals surface area contributed by atoms with Crippen molar-refractivity contribution in [2.24, 2.45) is 0 Å². The van der Waals surface area contributed by atoms with E-state index in [4.69, 9.17) is 11.6 Å². The fourth-order valence-electron chi connectivity index (χ4n) is 2.11. The Morgan fingerprint density at radius 1 is 1.14 bits per heavy atom. The van der Waals surface area contributed by atoms with Crippen molar-refractivity contribution in [1.29, 1.82) is 0 Å². The second kappa shape index (κ2) is 7.18. The Bertz CT molecular complexity index is 664. The van der Waals surface area contributed by atoms with Gasteiger partial charge in [-0.3, -0.25) is 0 Å². The highest BCUT2D eigenvalue weighted by atomic mass is 79.9. The Balaban J connectivity index is 2.64. The van der Waals surface area contributed by atoms with Crippen molar-refractivity contribution in [3.63, 3.8) is 0 Å². The lowest BCUT2D eigenvalue weighted by Crippen LogP contribution is -2.24. The number of hydrogen-bond acceptors (Lipinski definition) is 1. The molecule has 0 heterocycles. The summed E-state index contributed by atoms with van der Waals surface area (Å²) in [7, 11) is 0. The molecule has 1 atom stereocenters. The molecule has 112 valence electrons. The van der Waals surface area contributed by atoms with Crippen LogP contribution in [0.4, 0.5) is 8.78 Å². The van der Waals surface area contributed by atoms with Crippen molar-refractivity contribution in [3.05, 3.63) is 67.1 Å². The molecule has 0 radical (unpaired) electrons. The molecule has 6 heteroatoms. The maximum Gasteiger partial charge on any atom is 0.145 e. The SMILES string of the molecule is CCNC(c1cc(Cl)ccc1Br)c1c(F)ccc(Br)c1F. The molecule has 21 heavy (non-hydrogen) atoms. The quantitative estimate of drug-likeness (QED) is 0.590. The lowest BCUT2D eigenvalue weighted by atomic mass is 9.97. The lowest BCUT2D eigenvalue weighted by Gasteiger charge is -2.22. The van der Waals surface area contributed by atoms with Gasteiger partial charge in [0, 0.05) is 15.1 Å². The van der Waals surface area contributed by atoms with Gasteiger partial charge in [0.25, 0.3) is 0 Å². The molecule has 1 nitrogen and oxygen atoms in total. The van der Waals surface area contributed by atoms with E-state index in [0.717, 1.165) is 4.47 Å². The van der Waals surface area contributed by atoms with Crippen LogP contribution in [0.2, 0.25) is 5.02 Å². The number of rotatable bonds is 4. The Hall–Kier alpha value is -0.490. The fourth-order valence-corrected chi connectivity index (χ4v) is 3.12. The van der Waals surface area contributed by atoms with E-state index < -0.39 is 17.7 Å². The van der Waals surface area contributed by atoms with E-state index in [1.807, 2.05) is 6.92 Å². The van der Waals surface area contributed by atoms with Gasteiger partial charge in [-0.1, -0.05) is 34.5 Å². The third-order valence-corrected chi connectivity index (χ3v) is 4.62. The summed E-state index contributed by atoms with van der Waals surface area (Å²) in [5, 5.41) is 3.61. The Kier molecular flexibility index (Phi) is 5.77. The van der Waals surface area contributed by atoms with E-state index >= 15 is 0 Å².